The first kappa shape index (κ1) is 9.09. The molecule has 1 nitrogen and oxygen atoms in total. The largest absolute Gasteiger partial charge is 0.506 e. The average Bonchev–Trinajstić information content (AvgIpc) is 2.15. The van der Waals surface area contributed by atoms with Crippen LogP contribution in [0.15, 0.2) is 30.3 Å². The predicted molar refractivity (Wildman–Crippen MR) is 63.3 cm³/mol. The molecule has 0 saturated carbocycles. The summed E-state index contributed by atoms with van der Waals surface area (Å²) >= 11 is 8.04. The Hall–Kier alpha value is -0.480. The maximum Gasteiger partial charge on any atom is 0.135 e. The van der Waals surface area contributed by atoms with E-state index in [0.29, 0.717) is 5.02 Å². The second-order valence-corrected chi connectivity index (χ2v) is 4.20. The molecule has 0 spiro atoms. The van der Waals surface area contributed by atoms with Crippen LogP contribution in [0.5, 0.6) is 5.75 Å². The zero-order valence-corrected chi connectivity index (χ0v) is 9.50. The van der Waals surface area contributed by atoms with Gasteiger partial charge in [0.05, 0.1) is 5.02 Å². The van der Waals surface area contributed by atoms with Crippen LogP contribution in [0.3, 0.4) is 0 Å². The minimum Gasteiger partial charge on any atom is -0.506 e. The number of aromatic hydroxyl groups is 1. The van der Waals surface area contributed by atoms with Crippen molar-refractivity contribution in [3.05, 3.63) is 38.9 Å². The number of fused-ring (bicyclic) bond motifs is 1. The SMILES string of the molecule is Oc1cc2ccccc2c(I)c1Cl. The van der Waals surface area contributed by atoms with Crippen LogP contribution >= 0.6 is 34.2 Å². The first-order valence-corrected chi connectivity index (χ1v) is 5.21. The zero-order chi connectivity index (χ0) is 9.42. The molecule has 0 aliphatic heterocycles. The molecule has 0 heterocycles. The molecule has 3 heteroatoms. The summed E-state index contributed by atoms with van der Waals surface area (Å²) in [4.78, 5) is 0. The molecular weight excluding hydrogens is 298 g/mol. The van der Waals surface area contributed by atoms with Crippen molar-refractivity contribution in [2.24, 2.45) is 0 Å². The summed E-state index contributed by atoms with van der Waals surface area (Å²) in [7, 11) is 0. The molecule has 0 radical (unpaired) electrons. The van der Waals surface area contributed by atoms with Crippen molar-refractivity contribution in [1.29, 1.82) is 0 Å². The molecule has 0 saturated heterocycles. The van der Waals surface area contributed by atoms with Gasteiger partial charge in [0, 0.05) is 3.57 Å². The summed E-state index contributed by atoms with van der Waals surface area (Å²) in [5.41, 5.74) is 0. The highest BCUT2D eigenvalue weighted by Crippen LogP contribution is 2.34. The van der Waals surface area contributed by atoms with Gasteiger partial charge in [-0.1, -0.05) is 35.9 Å². The first-order valence-electron chi connectivity index (χ1n) is 3.76. The van der Waals surface area contributed by atoms with Crippen molar-refractivity contribution in [3.63, 3.8) is 0 Å². The van der Waals surface area contributed by atoms with Gasteiger partial charge >= 0.3 is 0 Å². The Kier molecular flexibility index (Phi) is 2.34. The number of hydrogen-bond donors (Lipinski definition) is 1. The Balaban J connectivity index is 2.94. The molecule has 0 aromatic heterocycles. The molecule has 0 bridgehead atoms. The molecule has 1 N–H and O–H groups in total. The fourth-order valence-corrected chi connectivity index (χ4v) is 2.19. The summed E-state index contributed by atoms with van der Waals surface area (Å²) < 4.78 is 0.898. The second kappa shape index (κ2) is 3.35. The van der Waals surface area contributed by atoms with Crippen molar-refractivity contribution in [3.8, 4) is 5.75 Å². The van der Waals surface area contributed by atoms with Crippen molar-refractivity contribution >= 4 is 45.0 Å². The highest BCUT2D eigenvalue weighted by Gasteiger charge is 2.07. The topological polar surface area (TPSA) is 20.2 Å². The molecule has 2 rings (SSSR count). The van der Waals surface area contributed by atoms with Gasteiger partial charge < -0.3 is 5.11 Å². The molecule has 0 aliphatic carbocycles. The maximum absolute atomic E-state index is 9.46. The van der Waals surface area contributed by atoms with E-state index >= 15 is 0 Å². The van der Waals surface area contributed by atoms with Crippen LogP contribution in [0.25, 0.3) is 10.8 Å². The summed E-state index contributed by atoms with van der Waals surface area (Å²) in [5, 5.41) is 12.0. The summed E-state index contributed by atoms with van der Waals surface area (Å²) in [5.74, 6) is 0.143. The number of halogens is 2. The van der Waals surface area contributed by atoms with Gasteiger partial charge in [0.1, 0.15) is 5.75 Å². The van der Waals surface area contributed by atoms with Crippen LogP contribution in [-0.4, -0.2) is 5.11 Å². The van der Waals surface area contributed by atoms with Crippen molar-refractivity contribution < 1.29 is 5.11 Å². The standard InChI is InChI=1S/C10H6ClIO/c11-9-8(13)5-6-3-1-2-4-7(6)10(9)12/h1-5,13H. The molecule has 13 heavy (non-hydrogen) atoms. The Morgan fingerprint density at radius 2 is 1.92 bits per heavy atom. The van der Waals surface area contributed by atoms with E-state index in [2.05, 4.69) is 22.6 Å². The molecule has 66 valence electrons. The Morgan fingerprint density at radius 3 is 2.69 bits per heavy atom. The smallest absolute Gasteiger partial charge is 0.135 e. The van der Waals surface area contributed by atoms with E-state index in [9.17, 15) is 5.11 Å². The second-order valence-electron chi connectivity index (χ2n) is 2.74. The maximum atomic E-state index is 9.46. The number of phenols is 1. The average molecular weight is 305 g/mol. The van der Waals surface area contributed by atoms with E-state index in [4.69, 9.17) is 11.6 Å². The minimum atomic E-state index is 0.143. The third-order valence-corrected chi connectivity index (χ3v) is 3.73. The van der Waals surface area contributed by atoms with E-state index < -0.39 is 0 Å². The van der Waals surface area contributed by atoms with E-state index in [-0.39, 0.29) is 5.75 Å². The van der Waals surface area contributed by atoms with Gasteiger partial charge in [-0.25, -0.2) is 0 Å². The molecule has 2 aromatic rings. The van der Waals surface area contributed by atoms with Crippen LogP contribution in [0.4, 0.5) is 0 Å². The van der Waals surface area contributed by atoms with E-state index in [1.54, 1.807) is 6.07 Å². The first-order chi connectivity index (χ1) is 6.20. The number of benzene rings is 2. The van der Waals surface area contributed by atoms with Crippen LogP contribution in [0, 0.1) is 3.57 Å². The van der Waals surface area contributed by atoms with Crippen LogP contribution in [0.1, 0.15) is 0 Å². The molecule has 0 amide bonds. The summed E-state index contributed by atoms with van der Waals surface area (Å²) in [6.45, 7) is 0. The van der Waals surface area contributed by atoms with Gasteiger partial charge in [-0.2, -0.15) is 0 Å². The lowest BCUT2D eigenvalue weighted by atomic mass is 10.1. The quantitative estimate of drug-likeness (QED) is 0.734. The third-order valence-electron chi connectivity index (χ3n) is 1.91. The Labute approximate surface area is 94.5 Å². The van der Waals surface area contributed by atoms with Crippen molar-refractivity contribution in [2.45, 2.75) is 0 Å². The lowest BCUT2D eigenvalue weighted by Crippen LogP contribution is -1.80. The fraction of sp³-hybridized carbons (Fsp3) is 0. The van der Waals surface area contributed by atoms with Crippen molar-refractivity contribution in [2.75, 3.05) is 0 Å². The summed E-state index contributed by atoms with van der Waals surface area (Å²) in [6, 6.07) is 9.51. The molecule has 0 aliphatic rings. The lowest BCUT2D eigenvalue weighted by molar-refractivity contribution is 0.476. The Bertz CT molecular complexity index is 468. The van der Waals surface area contributed by atoms with Crippen LogP contribution < -0.4 is 0 Å². The highest BCUT2D eigenvalue weighted by atomic mass is 127. The van der Waals surface area contributed by atoms with Crippen molar-refractivity contribution in [1.82, 2.24) is 0 Å². The van der Waals surface area contributed by atoms with Gasteiger partial charge in [0.15, 0.2) is 0 Å². The van der Waals surface area contributed by atoms with E-state index in [0.717, 1.165) is 14.3 Å². The lowest BCUT2D eigenvalue weighted by Gasteiger charge is -2.04. The number of hydrogen-bond acceptors (Lipinski definition) is 1. The number of rotatable bonds is 0. The molecule has 2 aromatic carbocycles. The van der Waals surface area contributed by atoms with E-state index in [1.165, 1.54) is 0 Å². The molecule has 0 unspecified atom stereocenters. The minimum absolute atomic E-state index is 0.143. The molecular formula is C10H6ClIO. The van der Waals surface area contributed by atoms with Gasteiger partial charge in [0.2, 0.25) is 0 Å². The van der Waals surface area contributed by atoms with Gasteiger partial charge in [-0.05, 0) is 39.4 Å². The van der Waals surface area contributed by atoms with Crippen LogP contribution in [-0.2, 0) is 0 Å². The Morgan fingerprint density at radius 1 is 1.23 bits per heavy atom. The van der Waals surface area contributed by atoms with Crippen LogP contribution in [0.2, 0.25) is 5.02 Å². The normalized spacial score (nSPS) is 10.6. The molecule has 0 fully saturated rings. The number of phenolic OH excluding ortho intramolecular Hbond substituents is 1. The van der Waals surface area contributed by atoms with E-state index in [1.807, 2.05) is 24.3 Å². The third kappa shape index (κ3) is 1.48. The summed E-state index contributed by atoms with van der Waals surface area (Å²) in [6.07, 6.45) is 0. The van der Waals surface area contributed by atoms with Gasteiger partial charge in [0.25, 0.3) is 0 Å². The highest BCUT2D eigenvalue weighted by molar-refractivity contribution is 14.1. The molecule has 0 atom stereocenters. The zero-order valence-electron chi connectivity index (χ0n) is 6.59. The van der Waals surface area contributed by atoms with Gasteiger partial charge in [-0.15, -0.1) is 0 Å². The predicted octanol–water partition coefficient (Wildman–Crippen LogP) is 3.80. The monoisotopic (exact) mass is 304 g/mol. The fourth-order valence-electron chi connectivity index (χ4n) is 1.26. The van der Waals surface area contributed by atoms with Gasteiger partial charge in [-0.3, -0.25) is 0 Å².